The van der Waals surface area contributed by atoms with Gasteiger partial charge in [-0.25, -0.2) is 0 Å². The lowest BCUT2D eigenvalue weighted by Crippen LogP contribution is -2.36. The molecule has 0 saturated heterocycles. The average Bonchev–Trinajstić information content (AvgIpc) is 2.34. The molecule has 5 heteroatoms. The van der Waals surface area contributed by atoms with Crippen molar-refractivity contribution in [2.45, 2.75) is 32.4 Å². The first-order valence-corrected chi connectivity index (χ1v) is 6.37. The molecular weight excluding hydrogens is 244 g/mol. The zero-order valence-corrected chi connectivity index (χ0v) is 11.5. The van der Waals surface area contributed by atoms with E-state index in [0.29, 0.717) is 18.0 Å². The number of nitrogens with one attached hydrogen (secondary N) is 2. The normalized spacial score (nSPS) is 16.3. The van der Waals surface area contributed by atoms with Gasteiger partial charge in [0, 0.05) is 12.6 Å². The highest BCUT2D eigenvalue weighted by Gasteiger charge is 2.18. The summed E-state index contributed by atoms with van der Waals surface area (Å²) in [5.74, 6) is 0.555. The predicted octanol–water partition coefficient (Wildman–Crippen LogP) is 1.44. The van der Waals surface area contributed by atoms with E-state index in [1.165, 1.54) is 0 Å². The maximum absolute atomic E-state index is 11.3. The third kappa shape index (κ3) is 3.68. The number of benzene rings is 1. The van der Waals surface area contributed by atoms with Gasteiger partial charge in [0.2, 0.25) is 0 Å². The summed E-state index contributed by atoms with van der Waals surface area (Å²) in [7, 11) is 0. The Labute approximate surface area is 113 Å². The van der Waals surface area contributed by atoms with Gasteiger partial charge in [0.1, 0.15) is 5.75 Å². The fourth-order valence-electron chi connectivity index (χ4n) is 1.89. The Balaban J connectivity index is 2.08. The van der Waals surface area contributed by atoms with Gasteiger partial charge in [-0.2, -0.15) is 0 Å². The van der Waals surface area contributed by atoms with E-state index in [9.17, 15) is 9.90 Å². The molecule has 0 aromatic heterocycles. The van der Waals surface area contributed by atoms with Crippen LogP contribution in [0, 0.1) is 0 Å². The maximum Gasteiger partial charge on any atom is 0.262 e. The van der Waals surface area contributed by atoms with Crippen molar-refractivity contribution in [3.63, 3.8) is 0 Å². The van der Waals surface area contributed by atoms with E-state index < -0.39 is 5.60 Å². The van der Waals surface area contributed by atoms with Gasteiger partial charge >= 0.3 is 0 Å². The molecule has 0 bridgehead atoms. The van der Waals surface area contributed by atoms with Crippen molar-refractivity contribution in [2.75, 3.05) is 18.5 Å². The number of aliphatic hydroxyl groups is 1. The van der Waals surface area contributed by atoms with Gasteiger partial charge in [0.25, 0.3) is 5.91 Å². The second-order valence-electron chi connectivity index (χ2n) is 5.51. The summed E-state index contributed by atoms with van der Waals surface area (Å²) in [4.78, 5) is 11.3. The first-order chi connectivity index (χ1) is 8.85. The third-order valence-corrected chi connectivity index (χ3v) is 2.98. The monoisotopic (exact) mass is 264 g/mol. The van der Waals surface area contributed by atoms with Crippen LogP contribution in [0.4, 0.5) is 5.69 Å². The predicted molar refractivity (Wildman–Crippen MR) is 73.3 cm³/mol. The van der Waals surface area contributed by atoms with Crippen molar-refractivity contribution in [3.8, 4) is 5.75 Å². The molecular formula is C14H20N2O3. The van der Waals surface area contributed by atoms with Crippen LogP contribution in [-0.4, -0.2) is 29.8 Å². The average molecular weight is 264 g/mol. The van der Waals surface area contributed by atoms with Gasteiger partial charge in [-0.1, -0.05) is 6.07 Å². The van der Waals surface area contributed by atoms with Crippen molar-refractivity contribution >= 4 is 11.6 Å². The van der Waals surface area contributed by atoms with Gasteiger partial charge in [-0.15, -0.1) is 0 Å². The highest BCUT2D eigenvalue weighted by Crippen LogP contribution is 2.30. The first kappa shape index (κ1) is 13.8. The van der Waals surface area contributed by atoms with Crippen LogP contribution in [0.1, 0.15) is 32.4 Å². The number of carbonyl (C=O) groups excluding carboxylic acids is 1. The zero-order chi connectivity index (χ0) is 14.0. The lowest BCUT2D eigenvalue weighted by Gasteiger charge is -2.24. The number of ether oxygens (including phenoxy) is 1. The zero-order valence-electron chi connectivity index (χ0n) is 11.5. The number of carbonyl (C=O) groups is 1. The summed E-state index contributed by atoms with van der Waals surface area (Å²) in [6.45, 7) is 6.09. The molecule has 0 spiro atoms. The quantitative estimate of drug-likeness (QED) is 0.769. The molecule has 1 aromatic carbocycles. The molecule has 1 amide bonds. The lowest BCUT2D eigenvalue weighted by molar-refractivity contribution is -0.118. The van der Waals surface area contributed by atoms with E-state index >= 15 is 0 Å². The van der Waals surface area contributed by atoms with Crippen molar-refractivity contribution in [1.29, 1.82) is 0 Å². The van der Waals surface area contributed by atoms with Crippen molar-refractivity contribution in [1.82, 2.24) is 5.32 Å². The van der Waals surface area contributed by atoms with Crippen LogP contribution in [0.25, 0.3) is 0 Å². The molecule has 1 aliphatic heterocycles. The summed E-state index contributed by atoms with van der Waals surface area (Å²) >= 11 is 0. The SMILES string of the molecule is CC(NCC(C)(C)O)c1ccc2c(c1)NC(=O)CO2. The number of anilines is 1. The Morgan fingerprint density at radius 2 is 2.26 bits per heavy atom. The Bertz CT molecular complexity index is 480. The Morgan fingerprint density at radius 3 is 2.95 bits per heavy atom. The number of amides is 1. The highest BCUT2D eigenvalue weighted by molar-refractivity contribution is 5.95. The molecule has 5 nitrogen and oxygen atoms in total. The minimum atomic E-state index is -0.750. The van der Waals surface area contributed by atoms with Gasteiger partial charge in [0.05, 0.1) is 11.3 Å². The lowest BCUT2D eigenvalue weighted by atomic mass is 10.0. The van der Waals surface area contributed by atoms with Crippen LogP contribution in [-0.2, 0) is 4.79 Å². The number of hydrogen-bond acceptors (Lipinski definition) is 4. The molecule has 0 saturated carbocycles. The minimum Gasteiger partial charge on any atom is -0.482 e. The van der Waals surface area contributed by atoms with Crippen LogP contribution in [0.15, 0.2) is 18.2 Å². The van der Waals surface area contributed by atoms with E-state index in [-0.39, 0.29) is 18.6 Å². The fourth-order valence-corrected chi connectivity index (χ4v) is 1.89. The van der Waals surface area contributed by atoms with Crippen molar-refractivity contribution in [2.24, 2.45) is 0 Å². The number of hydrogen-bond donors (Lipinski definition) is 3. The molecule has 0 aliphatic carbocycles. The van der Waals surface area contributed by atoms with Crippen molar-refractivity contribution < 1.29 is 14.6 Å². The van der Waals surface area contributed by atoms with Gasteiger partial charge in [-0.3, -0.25) is 4.79 Å². The van der Waals surface area contributed by atoms with E-state index in [0.717, 1.165) is 5.56 Å². The van der Waals surface area contributed by atoms with Crippen LogP contribution >= 0.6 is 0 Å². The van der Waals surface area contributed by atoms with Crippen molar-refractivity contribution in [3.05, 3.63) is 23.8 Å². The van der Waals surface area contributed by atoms with Gasteiger partial charge in [-0.05, 0) is 38.5 Å². The third-order valence-electron chi connectivity index (χ3n) is 2.98. The Hall–Kier alpha value is -1.59. The molecule has 19 heavy (non-hydrogen) atoms. The largest absolute Gasteiger partial charge is 0.482 e. The molecule has 0 fully saturated rings. The van der Waals surface area contributed by atoms with Crippen LogP contribution in [0.3, 0.4) is 0 Å². The molecule has 104 valence electrons. The standard InChI is InChI=1S/C14H20N2O3/c1-9(15-8-14(2,3)18)10-4-5-12-11(6-10)16-13(17)7-19-12/h4-6,9,15,18H,7-8H2,1-3H3,(H,16,17). The smallest absolute Gasteiger partial charge is 0.262 e. The molecule has 1 aromatic rings. The number of rotatable bonds is 4. The molecule has 3 N–H and O–H groups in total. The van der Waals surface area contributed by atoms with E-state index in [4.69, 9.17) is 4.74 Å². The van der Waals surface area contributed by atoms with E-state index in [1.54, 1.807) is 13.8 Å². The molecule has 1 atom stereocenters. The second kappa shape index (κ2) is 5.19. The summed E-state index contributed by atoms with van der Waals surface area (Å²) < 4.78 is 5.31. The fraction of sp³-hybridized carbons (Fsp3) is 0.500. The maximum atomic E-state index is 11.3. The second-order valence-corrected chi connectivity index (χ2v) is 5.51. The van der Waals surface area contributed by atoms with Gasteiger partial charge < -0.3 is 20.5 Å². The summed E-state index contributed by atoms with van der Waals surface area (Å²) in [6.07, 6.45) is 0. The van der Waals surface area contributed by atoms with E-state index in [2.05, 4.69) is 10.6 Å². The molecule has 0 radical (unpaired) electrons. The molecule has 1 heterocycles. The Morgan fingerprint density at radius 1 is 1.53 bits per heavy atom. The van der Waals surface area contributed by atoms with Crippen LogP contribution < -0.4 is 15.4 Å². The van der Waals surface area contributed by atoms with E-state index in [1.807, 2.05) is 25.1 Å². The Kier molecular flexibility index (Phi) is 3.78. The van der Waals surface area contributed by atoms with Gasteiger partial charge in [0.15, 0.2) is 6.61 Å². The molecule has 1 unspecified atom stereocenters. The van der Waals surface area contributed by atoms with Crippen LogP contribution in [0.5, 0.6) is 5.75 Å². The topological polar surface area (TPSA) is 70.6 Å². The summed E-state index contributed by atoms with van der Waals surface area (Å²) in [6, 6.07) is 5.79. The first-order valence-electron chi connectivity index (χ1n) is 6.37. The summed E-state index contributed by atoms with van der Waals surface area (Å²) in [5, 5.41) is 15.7. The summed E-state index contributed by atoms with van der Waals surface area (Å²) in [5.41, 5.74) is 0.985. The number of fused-ring (bicyclic) bond motifs is 1. The van der Waals surface area contributed by atoms with Crippen LogP contribution in [0.2, 0.25) is 0 Å². The molecule has 2 rings (SSSR count). The highest BCUT2D eigenvalue weighted by atomic mass is 16.5. The minimum absolute atomic E-state index is 0.0683. The molecule has 1 aliphatic rings.